The van der Waals surface area contributed by atoms with Crippen LogP contribution in [0.1, 0.15) is 25.3 Å². The van der Waals surface area contributed by atoms with Crippen LogP contribution in [0.15, 0.2) is 24.3 Å². The van der Waals surface area contributed by atoms with Crippen LogP contribution in [-0.2, 0) is 4.79 Å². The molecule has 0 unspecified atom stereocenters. The maximum absolute atomic E-state index is 12.8. The molecule has 0 aromatic heterocycles. The van der Waals surface area contributed by atoms with Crippen LogP contribution in [0.2, 0.25) is 0 Å². The molecule has 23 heavy (non-hydrogen) atoms. The number of hydrogen-bond donors (Lipinski definition) is 0. The molecule has 1 fully saturated rings. The normalized spacial score (nSPS) is 19.8. The predicted octanol–water partition coefficient (Wildman–Crippen LogP) is 3.13. The Kier molecular flexibility index (Phi) is 5.14. The molecule has 1 aromatic carbocycles. The van der Waals surface area contributed by atoms with E-state index in [0.717, 1.165) is 0 Å². The number of rotatable bonds is 3. The molecule has 0 saturated carbocycles. The van der Waals surface area contributed by atoms with Crippen molar-refractivity contribution < 1.29 is 22.7 Å². The van der Waals surface area contributed by atoms with Crippen molar-refractivity contribution in [3.05, 3.63) is 29.8 Å². The van der Waals surface area contributed by atoms with Crippen molar-refractivity contribution in [3.8, 4) is 11.8 Å². The molecular weight excluding hydrogens is 309 g/mol. The lowest BCUT2D eigenvalue weighted by molar-refractivity contribution is -0.189. The molecule has 2 rings (SSSR count). The van der Waals surface area contributed by atoms with Gasteiger partial charge in [0.1, 0.15) is 5.75 Å². The molecule has 1 heterocycles. The largest absolute Gasteiger partial charge is 0.481 e. The number of carbonyl (C=O) groups excluding carboxylic acids is 1. The number of carbonyl (C=O) groups is 1. The third kappa shape index (κ3) is 4.38. The number of ether oxygens (including phenoxy) is 1. The van der Waals surface area contributed by atoms with E-state index in [2.05, 4.69) is 0 Å². The Morgan fingerprint density at radius 3 is 2.61 bits per heavy atom. The van der Waals surface area contributed by atoms with Crippen molar-refractivity contribution >= 4 is 5.91 Å². The lowest BCUT2D eigenvalue weighted by Crippen LogP contribution is -2.48. The van der Waals surface area contributed by atoms with Crippen LogP contribution in [0, 0.1) is 17.2 Å². The van der Waals surface area contributed by atoms with Gasteiger partial charge in [0.15, 0.2) is 6.10 Å². The Morgan fingerprint density at radius 2 is 2.04 bits per heavy atom. The number of benzene rings is 1. The molecule has 0 bridgehead atoms. The second-order valence-corrected chi connectivity index (χ2v) is 5.56. The number of amides is 1. The molecule has 1 saturated heterocycles. The maximum Gasteiger partial charge on any atom is 0.393 e. The van der Waals surface area contributed by atoms with Crippen LogP contribution in [-0.4, -0.2) is 36.2 Å². The number of nitrogens with zero attached hydrogens (tertiary/aromatic N) is 2. The Bertz CT molecular complexity index is 593. The molecular formula is C16H17F3N2O2. The van der Waals surface area contributed by atoms with Gasteiger partial charge in [-0.05, 0) is 44.0 Å². The fourth-order valence-electron chi connectivity index (χ4n) is 2.56. The van der Waals surface area contributed by atoms with E-state index in [9.17, 15) is 18.0 Å². The summed E-state index contributed by atoms with van der Waals surface area (Å²) in [5.41, 5.74) is 0.459. The number of likely N-dealkylation sites (tertiary alicyclic amines) is 1. The summed E-state index contributed by atoms with van der Waals surface area (Å²) in [5, 5.41) is 8.72. The molecule has 1 amide bonds. The van der Waals surface area contributed by atoms with Crippen molar-refractivity contribution in [1.82, 2.24) is 4.90 Å². The van der Waals surface area contributed by atoms with E-state index in [0.29, 0.717) is 24.3 Å². The molecule has 124 valence electrons. The Labute approximate surface area is 132 Å². The van der Waals surface area contributed by atoms with E-state index in [-0.39, 0.29) is 13.0 Å². The highest BCUT2D eigenvalue weighted by Crippen LogP contribution is 2.33. The predicted molar refractivity (Wildman–Crippen MR) is 76.6 cm³/mol. The van der Waals surface area contributed by atoms with Gasteiger partial charge in [-0.2, -0.15) is 18.4 Å². The fraction of sp³-hybridized carbons (Fsp3) is 0.500. The first-order chi connectivity index (χ1) is 10.8. The summed E-state index contributed by atoms with van der Waals surface area (Å²) in [4.78, 5) is 13.5. The SMILES string of the molecule is C[C@H](Oc1ccc(C#N)cc1)C(=O)N1CCC[C@@H](C(F)(F)F)C1. The molecule has 1 aliphatic rings. The lowest BCUT2D eigenvalue weighted by atomic mass is 9.97. The number of alkyl halides is 3. The van der Waals surface area contributed by atoms with Gasteiger partial charge in [0.05, 0.1) is 17.6 Å². The highest BCUT2D eigenvalue weighted by Gasteiger charge is 2.43. The van der Waals surface area contributed by atoms with Crippen LogP contribution in [0.4, 0.5) is 13.2 Å². The highest BCUT2D eigenvalue weighted by atomic mass is 19.4. The molecule has 0 N–H and O–H groups in total. The van der Waals surface area contributed by atoms with Gasteiger partial charge in [0, 0.05) is 13.1 Å². The van der Waals surface area contributed by atoms with E-state index in [4.69, 9.17) is 10.00 Å². The summed E-state index contributed by atoms with van der Waals surface area (Å²) in [5.74, 6) is -1.53. The smallest absolute Gasteiger partial charge is 0.393 e. The maximum atomic E-state index is 12.8. The van der Waals surface area contributed by atoms with E-state index in [1.165, 1.54) is 11.8 Å². The summed E-state index contributed by atoms with van der Waals surface area (Å²) in [6.45, 7) is 1.51. The van der Waals surface area contributed by atoms with Crippen LogP contribution in [0.5, 0.6) is 5.75 Å². The van der Waals surface area contributed by atoms with Gasteiger partial charge in [-0.15, -0.1) is 0 Å². The summed E-state index contributed by atoms with van der Waals surface area (Å²) >= 11 is 0. The van der Waals surface area contributed by atoms with E-state index in [1.54, 1.807) is 24.3 Å². The molecule has 0 radical (unpaired) electrons. The molecule has 0 spiro atoms. The molecule has 1 aromatic rings. The second-order valence-electron chi connectivity index (χ2n) is 5.56. The molecule has 4 nitrogen and oxygen atoms in total. The highest BCUT2D eigenvalue weighted by molar-refractivity contribution is 5.81. The zero-order chi connectivity index (χ0) is 17.0. The van der Waals surface area contributed by atoms with Gasteiger partial charge in [-0.1, -0.05) is 0 Å². The zero-order valence-electron chi connectivity index (χ0n) is 12.6. The van der Waals surface area contributed by atoms with E-state index >= 15 is 0 Å². The summed E-state index contributed by atoms with van der Waals surface area (Å²) in [6.07, 6.45) is -4.77. The number of nitriles is 1. The molecule has 2 atom stereocenters. The minimum Gasteiger partial charge on any atom is -0.481 e. The van der Waals surface area contributed by atoms with E-state index in [1.807, 2.05) is 6.07 Å². The number of hydrogen-bond acceptors (Lipinski definition) is 3. The van der Waals surface area contributed by atoms with Crippen LogP contribution >= 0.6 is 0 Å². The molecule has 7 heteroatoms. The van der Waals surface area contributed by atoms with Crippen LogP contribution in [0.25, 0.3) is 0 Å². The average molecular weight is 326 g/mol. The third-order valence-electron chi connectivity index (χ3n) is 3.84. The third-order valence-corrected chi connectivity index (χ3v) is 3.84. The summed E-state index contributed by atoms with van der Waals surface area (Å²) < 4.78 is 43.9. The van der Waals surface area contributed by atoms with E-state index < -0.39 is 24.1 Å². The monoisotopic (exact) mass is 326 g/mol. The zero-order valence-corrected chi connectivity index (χ0v) is 12.6. The fourth-order valence-corrected chi connectivity index (χ4v) is 2.56. The van der Waals surface area contributed by atoms with Crippen molar-refractivity contribution in [2.75, 3.05) is 13.1 Å². The van der Waals surface area contributed by atoms with Gasteiger partial charge in [-0.3, -0.25) is 4.79 Å². The van der Waals surface area contributed by atoms with Gasteiger partial charge >= 0.3 is 6.18 Å². The van der Waals surface area contributed by atoms with Crippen molar-refractivity contribution in [2.24, 2.45) is 5.92 Å². The van der Waals surface area contributed by atoms with Crippen LogP contribution in [0.3, 0.4) is 0 Å². The van der Waals surface area contributed by atoms with Gasteiger partial charge in [0.2, 0.25) is 0 Å². The molecule has 1 aliphatic heterocycles. The van der Waals surface area contributed by atoms with Crippen molar-refractivity contribution in [3.63, 3.8) is 0 Å². The Hall–Kier alpha value is -2.23. The minimum atomic E-state index is -4.28. The Balaban J connectivity index is 1.97. The molecule has 0 aliphatic carbocycles. The minimum absolute atomic E-state index is 0.0537. The standard InChI is InChI=1S/C16H17F3N2O2/c1-11(23-14-6-4-12(9-20)5-7-14)15(22)21-8-2-3-13(10-21)16(17,18)19/h4-7,11,13H,2-3,8,10H2,1H3/t11-,13+/m0/s1. The average Bonchev–Trinajstić information content (AvgIpc) is 2.54. The number of piperidine rings is 1. The van der Waals surface area contributed by atoms with Gasteiger partial charge in [-0.25, -0.2) is 0 Å². The van der Waals surface area contributed by atoms with Crippen molar-refractivity contribution in [2.45, 2.75) is 32.0 Å². The summed E-state index contributed by atoms with van der Waals surface area (Å²) in [6, 6.07) is 8.17. The number of halogens is 3. The lowest BCUT2D eigenvalue weighted by Gasteiger charge is -2.35. The summed E-state index contributed by atoms with van der Waals surface area (Å²) in [7, 11) is 0. The first-order valence-electron chi connectivity index (χ1n) is 7.33. The van der Waals surface area contributed by atoms with Crippen molar-refractivity contribution in [1.29, 1.82) is 5.26 Å². The first-order valence-corrected chi connectivity index (χ1v) is 7.33. The second kappa shape index (κ2) is 6.90. The quantitative estimate of drug-likeness (QED) is 0.857. The van der Waals surface area contributed by atoms with Gasteiger partial charge in [0.25, 0.3) is 5.91 Å². The van der Waals surface area contributed by atoms with Gasteiger partial charge < -0.3 is 9.64 Å². The topological polar surface area (TPSA) is 53.3 Å². The Morgan fingerprint density at radius 1 is 1.39 bits per heavy atom. The van der Waals surface area contributed by atoms with Crippen LogP contribution < -0.4 is 4.74 Å². The first kappa shape index (κ1) is 17.1.